The van der Waals surface area contributed by atoms with E-state index < -0.39 is 0 Å². The topological polar surface area (TPSA) is 66.0 Å². The van der Waals surface area contributed by atoms with Crippen LogP contribution < -0.4 is 24.3 Å². The summed E-state index contributed by atoms with van der Waals surface area (Å²) in [4.78, 5) is 11.9. The minimum Gasteiger partial charge on any atom is -0.497 e. The van der Waals surface area contributed by atoms with Crippen LogP contribution in [0.25, 0.3) is 6.08 Å². The van der Waals surface area contributed by atoms with Crippen molar-refractivity contribution in [2.45, 2.75) is 0 Å². The van der Waals surface area contributed by atoms with Crippen molar-refractivity contribution in [1.29, 1.82) is 0 Å². The average Bonchev–Trinajstić information content (AvgIpc) is 2.69. The van der Waals surface area contributed by atoms with Gasteiger partial charge in [-0.25, -0.2) is 0 Å². The second kappa shape index (κ2) is 10.3. The van der Waals surface area contributed by atoms with Gasteiger partial charge in [-0.1, -0.05) is 11.6 Å². The van der Waals surface area contributed by atoms with E-state index in [-0.39, 0.29) is 5.91 Å². The Labute approximate surface area is 163 Å². The summed E-state index contributed by atoms with van der Waals surface area (Å²) in [6.07, 6.45) is 3.07. The van der Waals surface area contributed by atoms with Gasteiger partial charge in [0, 0.05) is 6.08 Å². The van der Waals surface area contributed by atoms with E-state index in [0.29, 0.717) is 35.4 Å². The number of carbonyl (C=O) groups is 1. The Morgan fingerprint density at radius 2 is 1.74 bits per heavy atom. The molecule has 2 rings (SSSR count). The quantitative estimate of drug-likeness (QED) is 0.523. The van der Waals surface area contributed by atoms with Gasteiger partial charge in [0.25, 0.3) is 0 Å². The zero-order chi connectivity index (χ0) is 19.6. The first-order valence-electron chi connectivity index (χ1n) is 8.21. The van der Waals surface area contributed by atoms with Crippen molar-refractivity contribution in [3.05, 3.63) is 53.1 Å². The second-order valence-corrected chi connectivity index (χ2v) is 5.79. The van der Waals surface area contributed by atoms with Crippen LogP contribution in [0.1, 0.15) is 5.56 Å². The van der Waals surface area contributed by atoms with Crippen LogP contribution in [0, 0.1) is 0 Å². The number of nitrogens with one attached hydrogen (secondary N) is 1. The third-order valence-corrected chi connectivity index (χ3v) is 3.89. The fraction of sp³-hybridized carbons (Fsp3) is 0.250. The molecule has 0 atom stereocenters. The first kappa shape index (κ1) is 20.5. The van der Waals surface area contributed by atoms with E-state index in [1.807, 2.05) is 12.1 Å². The van der Waals surface area contributed by atoms with Crippen LogP contribution in [0.5, 0.6) is 23.0 Å². The van der Waals surface area contributed by atoms with Crippen LogP contribution in [0.2, 0.25) is 5.02 Å². The molecule has 27 heavy (non-hydrogen) atoms. The van der Waals surface area contributed by atoms with Crippen molar-refractivity contribution in [1.82, 2.24) is 5.32 Å². The second-order valence-electron chi connectivity index (χ2n) is 5.39. The van der Waals surface area contributed by atoms with Gasteiger partial charge in [-0.3, -0.25) is 4.79 Å². The summed E-state index contributed by atoms with van der Waals surface area (Å²) in [6.45, 7) is 0.732. The van der Waals surface area contributed by atoms with Crippen molar-refractivity contribution < 1.29 is 23.7 Å². The van der Waals surface area contributed by atoms with Gasteiger partial charge in [0.2, 0.25) is 5.91 Å². The van der Waals surface area contributed by atoms with Crippen molar-refractivity contribution in [2.24, 2.45) is 0 Å². The van der Waals surface area contributed by atoms with Crippen LogP contribution in [-0.4, -0.2) is 40.4 Å². The zero-order valence-corrected chi connectivity index (χ0v) is 16.2. The van der Waals surface area contributed by atoms with Crippen LogP contribution in [0.15, 0.2) is 42.5 Å². The number of amides is 1. The molecule has 1 amide bonds. The molecule has 6 nitrogen and oxygen atoms in total. The van der Waals surface area contributed by atoms with Crippen LogP contribution in [0.4, 0.5) is 0 Å². The lowest BCUT2D eigenvalue weighted by Crippen LogP contribution is -2.26. The number of ether oxygens (including phenoxy) is 4. The van der Waals surface area contributed by atoms with Crippen molar-refractivity contribution in [3.63, 3.8) is 0 Å². The standard InChI is InChI=1S/C20H22ClNO5/c1-24-15-5-7-16(8-6-15)27-11-10-22-19(23)9-4-14-12-17(21)20(26-3)18(13-14)25-2/h4-9,12-13H,10-11H2,1-3H3,(H,22,23)/b9-4+. The minimum atomic E-state index is -0.237. The number of methoxy groups -OCH3 is 3. The summed E-state index contributed by atoms with van der Waals surface area (Å²) in [5, 5.41) is 3.15. The van der Waals surface area contributed by atoms with Crippen LogP contribution >= 0.6 is 11.6 Å². The predicted molar refractivity (Wildman–Crippen MR) is 105 cm³/mol. The van der Waals surface area contributed by atoms with Gasteiger partial charge in [-0.15, -0.1) is 0 Å². The maximum atomic E-state index is 11.9. The molecular formula is C20H22ClNO5. The van der Waals surface area contributed by atoms with Crippen molar-refractivity contribution >= 4 is 23.6 Å². The molecule has 0 aliphatic rings. The highest BCUT2D eigenvalue weighted by Crippen LogP contribution is 2.36. The summed E-state index contributed by atoms with van der Waals surface area (Å²) in [6, 6.07) is 10.7. The largest absolute Gasteiger partial charge is 0.497 e. The third kappa shape index (κ3) is 6.11. The molecule has 144 valence electrons. The van der Waals surface area contributed by atoms with Crippen molar-refractivity contribution in [2.75, 3.05) is 34.5 Å². The summed E-state index contributed by atoms with van der Waals surface area (Å²) in [5.74, 6) is 2.19. The molecule has 0 saturated carbocycles. The number of hydrogen-bond donors (Lipinski definition) is 1. The first-order valence-corrected chi connectivity index (χ1v) is 8.59. The molecule has 0 spiro atoms. The molecule has 0 unspecified atom stereocenters. The van der Waals surface area contributed by atoms with Gasteiger partial charge >= 0.3 is 0 Å². The fourth-order valence-electron chi connectivity index (χ4n) is 2.28. The normalized spacial score (nSPS) is 10.5. The Morgan fingerprint density at radius 1 is 1.04 bits per heavy atom. The first-order chi connectivity index (χ1) is 13.1. The maximum absolute atomic E-state index is 11.9. The lowest BCUT2D eigenvalue weighted by atomic mass is 10.2. The maximum Gasteiger partial charge on any atom is 0.244 e. The number of benzene rings is 2. The Hall–Kier alpha value is -2.86. The smallest absolute Gasteiger partial charge is 0.244 e. The molecule has 1 N–H and O–H groups in total. The number of halogens is 1. The number of carbonyl (C=O) groups excluding carboxylic acids is 1. The Bertz CT molecular complexity index is 790. The molecule has 0 saturated heterocycles. The van der Waals surface area contributed by atoms with Gasteiger partial charge in [0.1, 0.15) is 18.1 Å². The Kier molecular flexibility index (Phi) is 7.82. The Morgan fingerprint density at radius 3 is 2.37 bits per heavy atom. The molecule has 0 aliphatic carbocycles. The third-order valence-electron chi connectivity index (χ3n) is 3.61. The van der Waals surface area contributed by atoms with E-state index in [1.54, 1.807) is 37.5 Å². The van der Waals surface area contributed by atoms with Gasteiger partial charge in [0.05, 0.1) is 32.9 Å². The van der Waals surface area contributed by atoms with E-state index in [4.69, 9.17) is 30.5 Å². The summed E-state index contributed by atoms with van der Waals surface area (Å²) >= 11 is 6.14. The van der Waals surface area contributed by atoms with Gasteiger partial charge in [-0.2, -0.15) is 0 Å². The lowest BCUT2D eigenvalue weighted by Gasteiger charge is -2.10. The highest BCUT2D eigenvalue weighted by molar-refractivity contribution is 6.32. The molecule has 0 aliphatic heterocycles. The summed E-state index contributed by atoms with van der Waals surface area (Å²) in [5.41, 5.74) is 0.724. The highest BCUT2D eigenvalue weighted by Gasteiger charge is 2.09. The molecule has 7 heteroatoms. The van der Waals surface area contributed by atoms with Gasteiger partial charge < -0.3 is 24.3 Å². The summed E-state index contributed by atoms with van der Waals surface area (Å²) < 4.78 is 21.0. The molecule has 0 heterocycles. The molecular weight excluding hydrogens is 370 g/mol. The van der Waals surface area contributed by atoms with E-state index >= 15 is 0 Å². The van der Waals surface area contributed by atoms with Crippen LogP contribution in [-0.2, 0) is 4.79 Å². The monoisotopic (exact) mass is 391 g/mol. The predicted octanol–water partition coefficient (Wildman–Crippen LogP) is 3.57. The zero-order valence-electron chi connectivity index (χ0n) is 15.5. The molecule has 0 aromatic heterocycles. The number of rotatable bonds is 9. The minimum absolute atomic E-state index is 0.237. The highest BCUT2D eigenvalue weighted by atomic mass is 35.5. The van der Waals surface area contributed by atoms with Crippen LogP contribution in [0.3, 0.4) is 0 Å². The fourth-order valence-corrected chi connectivity index (χ4v) is 2.58. The van der Waals surface area contributed by atoms with E-state index in [9.17, 15) is 4.79 Å². The van der Waals surface area contributed by atoms with Crippen molar-refractivity contribution in [3.8, 4) is 23.0 Å². The molecule has 0 fully saturated rings. The van der Waals surface area contributed by atoms with Gasteiger partial charge in [0.15, 0.2) is 11.5 Å². The van der Waals surface area contributed by atoms with Gasteiger partial charge in [-0.05, 0) is 48.0 Å². The molecule has 0 radical (unpaired) electrons. The molecule has 2 aromatic rings. The van der Waals surface area contributed by atoms with E-state index in [0.717, 1.165) is 11.3 Å². The van der Waals surface area contributed by atoms with E-state index in [2.05, 4.69) is 5.32 Å². The lowest BCUT2D eigenvalue weighted by molar-refractivity contribution is -0.116. The molecule has 0 bridgehead atoms. The Balaban J connectivity index is 1.82. The molecule has 2 aromatic carbocycles. The van der Waals surface area contributed by atoms with E-state index in [1.165, 1.54) is 20.3 Å². The average molecular weight is 392 g/mol. The SMILES string of the molecule is COc1ccc(OCCNC(=O)/C=C/c2cc(Cl)c(OC)c(OC)c2)cc1. The number of hydrogen-bond acceptors (Lipinski definition) is 5. The summed E-state index contributed by atoms with van der Waals surface area (Å²) in [7, 11) is 4.65.